The van der Waals surface area contributed by atoms with E-state index in [4.69, 9.17) is 4.74 Å². The normalized spacial score (nSPS) is 20.3. The van der Waals surface area contributed by atoms with Gasteiger partial charge >= 0.3 is 0 Å². The summed E-state index contributed by atoms with van der Waals surface area (Å²) >= 11 is 1.55. The molecule has 0 spiro atoms. The molecule has 0 saturated carbocycles. The number of ether oxygens (including phenoxy) is 1. The van der Waals surface area contributed by atoms with Gasteiger partial charge in [0, 0.05) is 62.9 Å². The number of aliphatic hydroxyl groups is 2. The van der Waals surface area contributed by atoms with Crippen LogP contribution in [-0.4, -0.2) is 136 Å². The molecule has 7 atom stereocenters. The number of aliphatic hydroxyl groups excluding tert-OH is 2. The van der Waals surface area contributed by atoms with E-state index in [1.165, 1.54) is 26.5 Å². The van der Waals surface area contributed by atoms with E-state index in [-0.39, 0.29) is 58.0 Å². The Hall–Kier alpha value is -7.74. The van der Waals surface area contributed by atoms with Crippen molar-refractivity contribution in [2.24, 2.45) is 5.92 Å². The first-order chi connectivity index (χ1) is 36.1. The number of hydrogen-bond acceptors (Lipinski definition) is 12. The predicted octanol–water partition coefficient (Wildman–Crippen LogP) is 4.84. The van der Waals surface area contributed by atoms with Gasteiger partial charge in [-0.2, -0.15) is 5.10 Å². The highest BCUT2D eigenvalue weighted by Gasteiger charge is 2.49. The minimum atomic E-state index is -1.30. The lowest BCUT2D eigenvalue weighted by Crippen LogP contribution is -2.57. The molecule has 10 rings (SSSR count). The molecule has 6 heterocycles. The summed E-state index contributed by atoms with van der Waals surface area (Å²) in [5.74, 6) is -2.76. The first kappa shape index (κ1) is 50.8. The van der Waals surface area contributed by atoms with Crippen LogP contribution < -0.4 is 15.4 Å². The Labute approximate surface area is 437 Å². The number of hydrogen-bond donors (Lipinski definition) is 5. The van der Waals surface area contributed by atoms with E-state index < -0.39 is 77.9 Å². The van der Waals surface area contributed by atoms with E-state index >= 15 is 0 Å². The van der Waals surface area contributed by atoms with Gasteiger partial charge in [0.25, 0.3) is 11.8 Å². The van der Waals surface area contributed by atoms with E-state index in [1.807, 2.05) is 87.5 Å². The van der Waals surface area contributed by atoms with Crippen molar-refractivity contribution >= 4 is 46.8 Å². The fourth-order valence-electron chi connectivity index (χ4n) is 10.9. The van der Waals surface area contributed by atoms with Gasteiger partial charge in [0.05, 0.1) is 40.5 Å². The van der Waals surface area contributed by atoms with Crippen LogP contribution in [-0.2, 0) is 45.4 Å². The fraction of sp³-hybridized carbons (Fsp3) is 0.357. The lowest BCUT2D eigenvalue weighted by molar-refractivity contribution is -0.145. The number of amides is 6. The van der Waals surface area contributed by atoms with Crippen LogP contribution in [0.1, 0.15) is 82.3 Å². The Morgan fingerprint density at radius 2 is 1.35 bits per heavy atom. The molecule has 2 aromatic heterocycles. The van der Waals surface area contributed by atoms with Gasteiger partial charge in [0.15, 0.2) is 0 Å². The Kier molecular flexibility index (Phi) is 14.4. The van der Waals surface area contributed by atoms with Crippen LogP contribution in [0.3, 0.4) is 0 Å². The Morgan fingerprint density at radius 1 is 0.747 bits per heavy atom. The van der Waals surface area contributed by atoms with Crippen LogP contribution in [0, 0.1) is 12.8 Å². The van der Waals surface area contributed by atoms with Crippen LogP contribution in [0.15, 0.2) is 109 Å². The second-order valence-corrected chi connectivity index (χ2v) is 21.0. The van der Waals surface area contributed by atoms with Crippen LogP contribution in [0.25, 0.3) is 21.7 Å². The number of thiazole rings is 1. The molecule has 6 amide bonds. The number of nitrogens with one attached hydrogen (secondary N) is 3. The van der Waals surface area contributed by atoms with Crippen molar-refractivity contribution in [3.8, 4) is 27.4 Å². The maximum atomic E-state index is 14.8. The molecule has 0 unspecified atom stereocenters. The van der Waals surface area contributed by atoms with Gasteiger partial charge in [-0.15, -0.1) is 11.3 Å². The fourth-order valence-corrected chi connectivity index (χ4v) is 11.7. The number of likely N-dealkylation sites (tertiary alicyclic amines) is 2. The molecular formula is C56H59N9O9S. The molecule has 4 aliphatic rings. The van der Waals surface area contributed by atoms with E-state index in [2.05, 4.69) is 25.8 Å². The molecule has 6 aromatic rings. The summed E-state index contributed by atoms with van der Waals surface area (Å²) in [6.45, 7) is 7.56. The van der Waals surface area contributed by atoms with Gasteiger partial charge in [-0.3, -0.25) is 33.9 Å². The van der Waals surface area contributed by atoms with Gasteiger partial charge in [0.1, 0.15) is 36.0 Å². The van der Waals surface area contributed by atoms with Crippen LogP contribution in [0.5, 0.6) is 5.75 Å². The number of aryl methyl sites for hydroxylation is 1. The zero-order valence-electron chi connectivity index (χ0n) is 42.0. The lowest BCUT2D eigenvalue weighted by atomic mass is 10.0. The van der Waals surface area contributed by atoms with Crippen molar-refractivity contribution < 1.29 is 43.7 Å². The molecule has 0 radical (unpaired) electrons. The molecule has 0 aliphatic carbocycles. The van der Waals surface area contributed by atoms with E-state index in [9.17, 15) is 39.0 Å². The number of aromatic nitrogens is 3. The molecule has 18 nitrogen and oxygen atoms in total. The maximum absolute atomic E-state index is 14.8. The van der Waals surface area contributed by atoms with Crippen LogP contribution in [0.2, 0.25) is 0 Å². The van der Waals surface area contributed by atoms with Crippen molar-refractivity contribution in [1.82, 2.24) is 45.4 Å². The van der Waals surface area contributed by atoms with Gasteiger partial charge in [-0.05, 0) is 77.4 Å². The standard InChI is InChI=1S/C56H59N9O9S/c1-31(2)48(55(72)62-28-40(67)21-46(62)51(68)57-24-34-9-13-36(14-10-34)45-19-20-60-61-45)64-27-39-17-18-41(22-44(39)54(64)71)74-42-23-47(52(69)58-25-35-11-15-37(16-12-35)50-32(3)59-30-75-50)63(29-42)56(73)49(33(4)66)65-26-38-7-5-6-8-43(38)53(65)70/h5-20,22,30-31,33,40,42,46-49,66-67H,21,23-29H2,1-4H3,(H,57,68)(H,58,69)(H,60,61)/t33-,40+,42+,46-,47-,48-,49-/m0/s1. The monoisotopic (exact) mass is 1030 g/mol. The minimum absolute atomic E-state index is 0.0508. The Balaban J connectivity index is 0.830. The molecule has 0 bridgehead atoms. The summed E-state index contributed by atoms with van der Waals surface area (Å²) in [5.41, 5.74) is 9.37. The first-order valence-corrected chi connectivity index (χ1v) is 26.1. The number of carbonyl (C=O) groups is 6. The number of β-amino-alcohol motifs (C(OH)–C–C–N with tert-alkyl or cyclic N) is 1. The quantitative estimate of drug-likeness (QED) is 0.0881. The third-order valence-electron chi connectivity index (χ3n) is 14.7. The van der Waals surface area contributed by atoms with Crippen LogP contribution >= 0.6 is 11.3 Å². The minimum Gasteiger partial charge on any atom is -0.488 e. The molecule has 4 aliphatic heterocycles. The smallest absolute Gasteiger partial charge is 0.255 e. The van der Waals surface area contributed by atoms with Crippen molar-refractivity contribution in [2.45, 2.75) is 109 Å². The van der Waals surface area contributed by atoms with Crippen molar-refractivity contribution in [3.63, 3.8) is 0 Å². The number of rotatable bonds is 16. The third-order valence-corrected chi connectivity index (χ3v) is 15.7. The highest BCUT2D eigenvalue weighted by Crippen LogP contribution is 2.35. The van der Waals surface area contributed by atoms with Gasteiger partial charge in [-0.1, -0.05) is 86.6 Å². The SMILES string of the molecule is Cc1ncsc1-c1ccc(CNC(=O)[C@@H]2C[C@@H](Oc3ccc4c(c3)C(=O)N([C@H](C(=O)N3C[C@H](O)C[C@H]3C(=O)NCc3ccc(-c5ccn[nH]5)cc3)C(C)C)C4)CN2C(=O)[C@H]([C@H](C)O)N2Cc3ccccc3C2=O)cc1. The molecule has 19 heteroatoms. The highest BCUT2D eigenvalue weighted by molar-refractivity contribution is 7.13. The lowest BCUT2D eigenvalue weighted by Gasteiger charge is -2.35. The molecule has 388 valence electrons. The number of fused-ring (bicyclic) bond motifs is 2. The van der Waals surface area contributed by atoms with E-state index in [1.54, 1.807) is 53.4 Å². The Bertz CT molecular complexity index is 3120. The summed E-state index contributed by atoms with van der Waals surface area (Å²) in [6, 6.07) is 25.1. The average molecular weight is 1030 g/mol. The second kappa shape index (κ2) is 21.2. The molecule has 4 aromatic carbocycles. The number of benzene rings is 4. The summed E-state index contributed by atoms with van der Waals surface area (Å²) < 4.78 is 6.53. The topological polar surface area (TPSA) is 231 Å². The largest absolute Gasteiger partial charge is 0.488 e. The zero-order chi connectivity index (χ0) is 52.7. The number of carbonyl (C=O) groups excluding carboxylic acids is 6. The molecule has 2 saturated heterocycles. The molecule has 2 fully saturated rings. The molecular weight excluding hydrogens is 975 g/mol. The number of H-pyrrole nitrogens is 1. The van der Waals surface area contributed by atoms with Gasteiger partial charge < -0.3 is 45.2 Å². The number of aromatic amines is 1. The number of nitrogens with zero attached hydrogens (tertiary/aromatic N) is 6. The average Bonchev–Trinajstić information content (AvgIpc) is 4.29. The van der Waals surface area contributed by atoms with E-state index in [0.29, 0.717) is 22.4 Å². The second-order valence-electron chi connectivity index (χ2n) is 20.2. The highest BCUT2D eigenvalue weighted by atomic mass is 32.1. The molecule has 75 heavy (non-hydrogen) atoms. The van der Waals surface area contributed by atoms with Gasteiger partial charge in [-0.25, -0.2) is 4.98 Å². The molecule has 5 N–H and O–H groups in total. The van der Waals surface area contributed by atoms with Crippen molar-refractivity contribution in [3.05, 3.63) is 148 Å². The summed E-state index contributed by atoms with van der Waals surface area (Å²) in [6.07, 6.45) is -1.17. The van der Waals surface area contributed by atoms with E-state index in [0.717, 1.165) is 44.1 Å². The zero-order valence-corrected chi connectivity index (χ0v) is 42.8. The summed E-state index contributed by atoms with van der Waals surface area (Å²) in [5, 5.41) is 34.8. The predicted molar refractivity (Wildman–Crippen MR) is 277 cm³/mol. The Morgan fingerprint density at radius 3 is 1.96 bits per heavy atom. The third kappa shape index (κ3) is 10.3. The maximum Gasteiger partial charge on any atom is 0.255 e. The van der Waals surface area contributed by atoms with Crippen molar-refractivity contribution in [1.29, 1.82) is 0 Å². The van der Waals surface area contributed by atoms with Gasteiger partial charge in [0.2, 0.25) is 23.6 Å². The van der Waals surface area contributed by atoms with Crippen LogP contribution in [0.4, 0.5) is 0 Å². The van der Waals surface area contributed by atoms with Crippen molar-refractivity contribution in [2.75, 3.05) is 13.1 Å². The first-order valence-electron chi connectivity index (χ1n) is 25.2. The summed E-state index contributed by atoms with van der Waals surface area (Å²) in [4.78, 5) is 96.5. The summed E-state index contributed by atoms with van der Waals surface area (Å²) in [7, 11) is 0.